The first-order chi connectivity index (χ1) is 10.1. The molecule has 0 amide bonds. The number of anilines is 1. The maximum atomic E-state index is 4.41. The van der Waals surface area contributed by atoms with Gasteiger partial charge in [-0.3, -0.25) is 4.68 Å². The fourth-order valence-corrected chi connectivity index (χ4v) is 2.42. The van der Waals surface area contributed by atoms with E-state index < -0.39 is 0 Å². The molecule has 2 aromatic heterocycles. The molecule has 21 heavy (non-hydrogen) atoms. The Morgan fingerprint density at radius 3 is 2.48 bits per heavy atom. The van der Waals surface area contributed by atoms with E-state index in [1.165, 1.54) is 5.56 Å². The normalized spacial score (nSPS) is 10.8. The Morgan fingerprint density at radius 1 is 1.14 bits per heavy atom. The second-order valence-corrected chi connectivity index (χ2v) is 5.16. The summed E-state index contributed by atoms with van der Waals surface area (Å²) in [6.45, 7) is 4.89. The number of rotatable bonds is 4. The summed E-state index contributed by atoms with van der Waals surface area (Å²) in [6, 6.07) is 8.45. The van der Waals surface area contributed by atoms with Gasteiger partial charge in [-0.15, -0.1) is 0 Å². The van der Waals surface area contributed by atoms with E-state index in [-0.39, 0.29) is 0 Å². The van der Waals surface area contributed by atoms with Crippen LogP contribution in [0.2, 0.25) is 0 Å². The molecule has 5 heteroatoms. The van der Waals surface area contributed by atoms with Gasteiger partial charge in [-0.05, 0) is 31.5 Å². The molecular weight excluding hydrogens is 262 g/mol. The molecular formula is C16H19N5. The molecule has 0 aliphatic rings. The minimum absolute atomic E-state index is 0.789. The van der Waals surface area contributed by atoms with E-state index in [0.717, 1.165) is 29.3 Å². The molecule has 5 nitrogen and oxygen atoms in total. The van der Waals surface area contributed by atoms with Crippen molar-refractivity contribution in [3.63, 3.8) is 0 Å². The number of aryl methyl sites for hydroxylation is 2. The van der Waals surface area contributed by atoms with Gasteiger partial charge in [-0.1, -0.05) is 12.1 Å². The zero-order valence-corrected chi connectivity index (χ0v) is 12.5. The summed E-state index contributed by atoms with van der Waals surface area (Å²) in [5.41, 5.74) is 5.66. The van der Waals surface area contributed by atoms with Crippen LogP contribution >= 0.6 is 0 Å². The van der Waals surface area contributed by atoms with Crippen molar-refractivity contribution in [3.05, 3.63) is 59.9 Å². The van der Waals surface area contributed by atoms with E-state index >= 15 is 0 Å². The molecule has 3 rings (SSSR count). The SMILES string of the molecule is Cc1nn(C)c(C)c1NCc1ccc(-n2ccnc2)cc1. The second-order valence-electron chi connectivity index (χ2n) is 5.16. The number of hydrogen-bond donors (Lipinski definition) is 1. The number of nitrogens with zero attached hydrogens (tertiary/aromatic N) is 4. The standard InChI is InChI=1S/C16H19N5/c1-12-16(13(2)20(3)19-12)18-10-14-4-6-15(7-5-14)21-9-8-17-11-21/h4-9,11,18H,10H2,1-3H3. The van der Waals surface area contributed by atoms with Crippen LogP contribution < -0.4 is 5.32 Å². The third kappa shape index (κ3) is 2.67. The average molecular weight is 281 g/mol. The van der Waals surface area contributed by atoms with Crippen LogP contribution in [0.1, 0.15) is 17.0 Å². The van der Waals surface area contributed by atoms with Gasteiger partial charge in [0.1, 0.15) is 0 Å². The molecule has 0 bridgehead atoms. The Balaban J connectivity index is 1.71. The van der Waals surface area contributed by atoms with Crippen molar-refractivity contribution in [3.8, 4) is 5.69 Å². The van der Waals surface area contributed by atoms with Gasteiger partial charge in [0, 0.05) is 31.7 Å². The van der Waals surface area contributed by atoms with Crippen molar-refractivity contribution in [1.82, 2.24) is 19.3 Å². The Morgan fingerprint density at radius 2 is 1.90 bits per heavy atom. The minimum Gasteiger partial charge on any atom is -0.378 e. The van der Waals surface area contributed by atoms with Crippen molar-refractivity contribution in [2.75, 3.05) is 5.32 Å². The van der Waals surface area contributed by atoms with Crippen molar-refractivity contribution < 1.29 is 0 Å². The summed E-state index contributed by atoms with van der Waals surface area (Å²) >= 11 is 0. The van der Waals surface area contributed by atoms with Gasteiger partial charge in [-0.25, -0.2) is 4.98 Å². The molecule has 1 N–H and O–H groups in total. The molecule has 1 aromatic carbocycles. The molecule has 2 heterocycles. The number of imidazole rings is 1. The predicted octanol–water partition coefficient (Wildman–Crippen LogP) is 2.83. The summed E-state index contributed by atoms with van der Waals surface area (Å²) in [6.07, 6.45) is 5.52. The molecule has 0 spiro atoms. The highest BCUT2D eigenvalue weighted by atomic mass is 15.3. The fourth-order valence-electron chi connectivity index (χ4n) is 2.42. The summed E-state index contributed by atoms with van der Waals surface area (Å²) in [7, 11) is 1.97. The van der Waals surface area contributed by atoms with E-state index in [2.05, 4.69) is 46.6 Å². The van der Waals surface area contributed by atoms with E-state index in [1.54, 1.807) is 12.5 Å². The van der Waals surface area contributed by atoms with Crippen LogP contribution in [0.25, 0.3) is 5.69 Å². The summed E-state index contributed by atoms with van der Waals surface area (Å²) in [4.78, 5) is 4.06. The van der Waals surface area contributed by atoms with Crippen LogP contribution in [0, 0.1) is 13.8 Å². The van der Waals surface area contributed by atoms with Crippen LogP contribution in [0.5, 0.6) is 0 Å². The Hall–Kier alpha value is -2.56. The number of nitrogens with one attached hydrogen (secondary N) is 1. The smallest absolute Gasteiger partial charge is 0.0991 e. The quantitative estimate of drug-likeness (QED) is 0.800. The zero-order valence-electron chi connectivity index (χ0n) is 12.5. The van der Waals surface area contributed by atoms with Gasteiger partial charge < -0.3 is 9.88 Å². The van der Waals surface area contributed by atoms with Crippen LogP contribution in [0.3, 0.4) is 0 Å². The Bertz CT molecular complexity index is 723. The van der Waals surface area contributed by atoms with Crippen molar-refractivity contribution in [2.24, 2.45) is 7.05 Å². The van der Waals surface area contributed by atoms with E-state index in [4.69, 9.17) is 0 Å². The third-order valence-corrected chi connectivity index (χ3v) is 3.72. The lowest BCUT2D eigenvalue weighted by Gasteiger charge is -2.08. The van der Waals surface area contributed by atoms with Crippen molar-refractivity contribution >= 4 is 5.69 Å². The highest BCUT2D eigenvalue weighted by Crippen LogP contribution is 2.19. The maximum Gasteiger partial charge on any atom is 0.0991 e. The molecule has 0 aliphatic heterocycles. The largest absolute Gasteiger partial charge is 0.378 e. The van der Waals surface area contributed by atoms with Crippen LogP contribution in [0.15, 0.2) is 43.0 Å². The molecule has 0 radical (unpaired) electrons. The lowest BCUT2D eigenvalue weighted by atomic mass is 10.2. The van der Waals surface area contributed by atoms with Crippen LogP contribution in [-0.2, 0) is 13.6 Å². The summed E-state index contributed by atoms with van der Waals surface area (Å²) in [5.74, 6) is 0. The Kier molecular flexibility index (Phi) is 3.48. The number of benzene rings is 1. The molecule has 0 saturated heterocycles. The van der Waals surface area contributed by atoms with E-state index in [1.807, 2.05) is 29.4 Å². The van der Waals surface area contributed by atoms with Crippen molar-refractivity contribution in [1.29, 1.82) is 0 Å². The molecule has 0 atom stereocenters. The Labute approximate surface area is 124 Å². The van der Waals surface area contributed by atoms with Gasteiger partial charge in [0.05, 0.1) is 23.4 Å². The monoisotopic (exact) mass is 281 g/mol. The highest BCUT2D eigenvalue weighted by Gasteiger charge is 2.08. The third-order valence-electron chi connectivity index (χ3n) is 3.72. The number of hydrogen-bond acceptors (Lipinski definition) is 3. The first kappa shape index (κ1) is 13.4. The van der Waals surface area contributed by atoms with Gasteiger partial charge >= 0.3 is 0 Å². The molecule has 0 unspecified atom stereocenters. The highest BCUT2D eigenvalue weighted by molar-refractivity contribution is 5.52. The van der Waals surface area contributed by atoms with Gasteiger partial charge in [0.2, 0.25) is 0 Å². The lowest BCUT2D eigenvalue weighted by Crippen LogP contribution is -2.02. The van der Waals surface area contributed by atoms with Gasteiger partial charge in [0.15, 0.2) is 0 Å². The molecule has 108 valence electrons. The molecule has 0 fully saturated rings. The zero-order chi connectivity index (χ0) is 14.8. The number of aromatic nitrogens is 4. The molecule has 0 saturated carbocycles. The second kappa shape index (κ2) is 5.44. The van der Waals surface area contributed by atoms with E-state index in [0.29, 0.717) is 0 Å². The first-order valence-electron chi connectivity index (χ1n) is 6.96. The van der Waals surface area contributed by atoms with Crippen LogP contribution in [-0.4, -0.2) is 19.3 Å². The lowest BCUT2D eigenvalue weighted by molar-refractivity contribution is 0.731. The summed E-state index contributed by atoms with van der Waals surface area (Å²) < 4.78 is 3.90. The van der Waals surface area contributed by atoms with Crippen molar-refractivity contribution in [2.45, 2.75) is 20.4 Å². The average Bonchev–Trinajstić information content (AvgIpc) is 3.09. The topological polar surface area (TPSA) is 47.7 Å². The van der Waals surface area contributed by atoms with Gasteiger partial charge in [0.25, 0.3) is 0 Å². The first-order valence-corrected chi connectivity index (χ1v) is 6.96. The molecule has 3 aromatic rings. The van der Waals surface area contributed by atoms with E-state index in [9.17, 15) is 0 Å². The minimum atomic E-state index is 0.789. The van der Waals surface area contributed by atoms with Gasteiger partial charge in [-0.2, -0.15) is 5.10 Å². The van der Waals surface area contributed by atoms with Crippen LogP contribution in [0.4, 0.5) is 5.69 Å². The fraction of sp³-hybridized carbons (Fsp3) is 0.250. The molecule has 0 aliphatic carbocycles. The predicted molar refractivity (Wildman–Crippen MR) is 83.6 cm³/mol. The maximum absolute atomic E-state index is 4.41. The summed E-state index contributed by atoms with van der Waals surface area (Å²) in [5, 5.41) is 7.88.